The molecule has 0 spiro atoms. The van der Waals surface area contributed by atoms with Gasteiger partial charge in [0.15, 0.2) is 4.80 Å². The van der Waals surface area contributed by atoms with Crippen LogP contribution in [0, 0.1) is 27.7 Å². The second-order valence-corrected chi connectivity index (χ2v) is 7.93. The Hall–Kier alpha value is -1.91. The maximum absolute atomic E-state index is 12.6. The van der Waals surface area contributed by atoms with E-state index >= 15 is 0 Å². The molecule has 0 atom stereocenters. The zero-order valence-electron chi connectivity index (χ0n) is 15.1. The molecule has 0 saturated carbocycles. The van der Waals surface area contributed by atoms with E-state index in [-0.39, 0.29) is 5.91 Å². The minimum atomic E-state index is -0.133. The molecule has 25 heavy (non-hydrogen) atoms. The van der Waals surface area contributed by atoms with Gasteiger partial charge in [0.05, 0.1) is 21.7 Å². The van der Waals surface area contributed by atoms with E-state index in [4.69, 9.17) is 11.6 Å². The highest BCUT2D eigenvalue weighted by atomic mass is 35.5. The molecule has 2 aromatic carbocycles. The summed E-state index contributed by atoms with van der Waals surface area (Å²) in [4.78, 5) is 17.6. The minimum absolute atomic E-state index is 0.133. The van der Waals surface area contributed by atoms with Crippen LogP contribution in [-0.2, 0) is 18.3 Å². The van der Waals surface area contributed by atoms with E-state index in [1.54, 1.807) is 0 Å². The first-order valence-electron chi connectivity index (χ1n) is 8.17. The number of rotatable bonds is 2. The largest absolute Gasteiger partial charge is 0.319 e. The lowest BCUT2D eigenvalue weighted by atomic mass is 9.97. The fourth-order valence-electron chi connectivity index (χ4n) is 3.30. The zero-order valence-corrected chi connectivity index (χ0v) is 16.7. The van der Waals surface area contributed by atoms with Crippen LogP contribution in [0.2, 0.25) is 5.02 Å². The number of hydrogen-bond acceptors (Lipinski definition) is 2. The van der Waals surface area contributed by atoms with E-state index in [0.29, 0.717) is 16.2 Å². The smallest absolute Gasteiger partial charge is 0.252 e. The van der Waals surface area contributed by atoms with Crippen molar-refractivity contribution in [3.63, 3.8) is 0 Å². The molecule has 0 fully saturated rings. The zero-order chi connectivity index (χ0) is 18.3. The summed E-state index contributed by atoms with van der Waals surface area (Å²) in [5.41, 5.74) is 6.71. The summed E-state index contributed by atoms with van der Waals surface area (Å²) >= 11 is 7.77. The van der Waals surface area contributed by atoms with E-state index in [1.165, 1.54) is 16.9 Å². The summed E-state index contributed by atoms with van der Waals surface area (Å²) in [6, 6.07) is 8.10. The molecule has 0 saturated heterocycles. The first-order valence-corrected chi connectivity index (χ1v) is 9.36. The number of nitrogens with zero attached hydrogens (tertiary/aromatic N) is 2. The summed E-state index contributed by atoms with van der Waals surface area (Å²) in [6.07, 6.45) is 0.318. The predicted octanol–water partition coefficient (Wildman–Crippen LogP) is 4.80. The van der Waals surface area contributed by atoms with Gasteiger partial charge in [-0.2, -0.15) is 4.99 Å². The Kier molecular flexibility index (Phi) is 4.85. The Morgan fingerprint density at radius 3 is 2.36 bits per heavy atom. The Balaban J connectivity index is 2.03. The maximum atomic E-state index is 12.6. The molecule has 3 rings (SSSR count). The lowest BCUT2D eigenvalue weighted by molar-refractivity contribution is -0.117. The van der Waals surface area contributed by atoms with E-state index in [1.807, 2.05) is 44.5 Å². The molecule has 1 heterocycles. The number of amides is 1. The van der Waals surface area contributed by atoms with Crippen LogP contribution in [0.4, 0.5) is 0 Å². The molecular weight excluding hydrogens is 352 g/mol. The van der Waals surface area contributed by atoms with Crippen molar-refractivity contribution in [2.75, 3.05) is 0 Å². The van der Waals surface area contributed by atoms with Gasteiger partial charge in [0.1, 0.15) is 0 Å². The molecule has 130 valence electrons. The molecule has 0 aliphatic heterocycles. The standard InChI is InChI=1S/C20H21ClN2OS/c1-11-8-13(3)15(14(4)9-11)10-17(24)22-20-23(5)18-12(2)6-7-16(21)19(18)25-20/h6-9H,10H2,1-5H3. The van der Waals surface area contributed by atoms with Gasteiger partial charge in [-0.05, 0) is 56.0 Å². The summed E-state index contributed by atoms with van der Waals surface area (Å²) in [5, 5.41) is 0.695. The number of fused-ring (bicyclic) bond motifs is 1. The van der Waals surface area contributed by atoms with Gasteiger partial charge in [0.2, 0.25) is 0 Å². The van der Waals surface area contributed by atoms with E-state index in [2.05, 4.69) is 24.0 Å². The van der Waals surface area contributed by atoms with E-state index in [9.17, 15) is 4.79 Å². The van der Waals surface area contributed by atoms with Crippen LogP contribution >= 0.6 is 22.9 Å². The highest BCUT2D eigenvalue weighted by Gasteiger charge is 2.12. The lowest BCUT2D eigenvalue weighted by Crippen LogP contribution is -2.15. The Bertz CT molecular complexity index is 1040. The fraction of sp³-hybridized carbons (Fsp3) is 0.300. The summed E-state index contributed by atoms with van der Waals surface area (Å²) in [6.45, 7) is 8.20. The average Bonchev–Trinajstić information content (AvgIpc) is 2.85. The number of aromatic nitrogens is 1. The van der Waals surface area contributed by atoms with Crippen LogP contribution in [0.25, 0.3) is 10.2 Å². The Morgan fingerprint density at radius 1 is 1.12 bits per heavy atom. The number of thiazole rings is 1. The third kappa shape index (κ3) is 3.42. The molecule has 3 aromatic rings. The number of carbonyl (C=O) groups excluding carboxylic acids is 1. The van der Waals surface area contributed by atoms with E-state index in [0.717, 1.165) is 32.5 Å². The van der Waals surface area contributed by atoms with E-state index < -0.39 is 0 Å². The molecule has 0 aliphatic rings. The van der Waals surface area contributed by atoms with Crippen LogP contribution in [0.3, 0.4) is 0 Å². The highest BCUT2D eigenvalue weighted by molar-refractivity contribution is 7.17. The molecule has 0 radical (unpaired) electrons. The minimum Gasteiger partial charge on any atom is -0.319 e. The van der Waals surface area contributed by atoms with Gasteiger partial charge < -0.3 is 4.57 Å². The second kappa shape index (κ2) is 6.77. The van der Waals surface area contributed by atoms with Crippen molar-refractivity contribution in [3.8, 4) is 0 Å². The number of hydrogen-bond donors (Lipinski definition) is 0. The molecule has 0 aliphatic carbocycles. The molecule has 0 bridgehead atoms. The van der Waals surface area contributed by atoms with Crippen molar-refractivity contribution < 1.29 is 4.79 Å². The van der Waals surface area contributed by atoms with Crippen molar-refractivity contribution in [3.05, 3.63) is 61.9 Å². The Morgan fingerprint density at radius 2 is 1.76 bits per heavy atom. The maximum Gasteiger partial charge on any atom is 0.252 e. The average molecular weight is 373 g/mol. The molecule has 1 amide bonds. The molecule has 3 nitrogen and oxygen atoms in total. The summed E-state index contributed by atoms with van der Waals surface area (Å²) < 4.78 is 2.92. The topological polar surface area (TPSA) is 34.4 Å². The molecule has 5 heteroatoms. The summed E-state index contributed by atoms with van der Waals surface area (Å²) in [5.74, 6) is -0.133. The van der Waals surface area contributed by atoms with Gasteiger partial charge in [-0.15, -0.1) is 0 Å². The van der Waals surface area contributed by atoms with Gasteiger partial charge in [-0.1, -0.05) is 46.7 Å². The number of carbonyl (C=O) groups is 1. The lowest BCUT2D eigenvalue weighted by Gasteiger charge is -2.09. The second-order valence-electron chi connectivity index (χ2n) is 6.55. The van der Waals surface area contributed by atoms with Gasteiger partial charge in [-0.25, -0.2) is 0 Å². The van der Waals surface area contributed by atoms with Gasteiger partial charge in [0.25, 0.3) is 5.91 Å². The van der Waals surface area contributed by atoms with Crippen LogP contribution < -0.4 is 4.80 Å². The quantitative estimate of drug-likeness (QED) is 0.636. The number of aryl methyl sites for hydroxylation is 5. The predicted molar refractivity (Wildman–Crippen MR) is 105 cm³/mol. The van der Waals surface area contributed by atoms with Gasteiger partial charge in [-0.3, -0.25) is 4.79 Å². The first kappa shape index (κ1) is 17.9. The highest BCUT2D eigenvalue weighted by Crippen LogP contribution is 2.28. The fourth-order valence-corrected chi connectivity index (χ4v) is 4.68. The third-order valence-corrected chi connectivity index (χ3v) is 6.08. The molecular formula is C20H21ClN2OS. The molecule has 1 aromatic heterocycles. The monoisotopic (exact) mass is 372 g/mol. The SMILES string of the molecule is Cc1cc(C)c(CC(=O)N=c2sc3c(Cl)ccc(C)c3n2C)c(C)c1. The van der Waals surface area contributed by atoms with Crippen LogP contribution in [0.15, 0.2) is 29.3 Å². The van der Waals surface area contributed by atoms with Gasteiger partial charge >= 0.3 is 0 Å². The normalized spacial score (nSPS) is 12.2. The van der Waals surface area contributed by atoms with Crippen molar-refractivity contribution in [2.24, 2.45) is 12.0 Å². The molecule has 0 N–H and O–H groups in total. The van der Waals surface area contributed by atoms with Crippen LogP contribution in [0.5, 0.6) is 0 Å². The molecule has 0 unspecified atom stereocenters. The van der Waals surface area contributed by atoms with Crippen LogP contribution in [-0.4, -0.2) is 10.5 Å². The number of halogens is 1. The van der Waals surface area contributed by atoms with Crippen molar-refractivity contribution in [2.45, 2.75) is 34.1 Å². The van der Waals surface area contributed by atoms with Crippen LogP contribution in [0.1, 0.15) is 27.8 Å². The summed E-state index contributed by atoms with van der Waals surface area (Å²) in [7, 11) is 1.93. The van der Waals surface area contributed by atoms with Gasteiger partial charge in [0, 0.05) is 7.05 Å². The Labute approximate surface area is 156 Å². The van der Waals surface area contributed by atoms with Crippen molar-refractivity contribution in [1.29, 1.82) is 0 Å². The van der Waals surface area contributed by atoms with Crippen molar-refractivity contribution >= 4 is 39.1 Å². The van der Waals surface area contributed by atoms with Crippen molar-refractivity contribution in [1.82, 2.24) is 4.57 Å². The third-order valence-electron chi connectivity index (χ3n) is 4.49. The number of benzene rings is 2. The first-order chi connectivity index (χ1) is 11.8.